The third-order valence-electron chi connectivity index (χ3n) is 3.36. The Morgan fingerprint density at radius 2 is 1.63 bits per heavy atom. The minimum atomic E-state index is -1.79. The molecule has 0 aliphatic carbocycles. The summed E-state index contributed by atoms with van der Waals surface area (Å²) in [5.74, 6) is 0.672. The van der Waals surface area contributed by atoms with Crippen molar-refractivity contribution in [2.24, 2.45) is 0 Å². The summed E-state index contributed by atoms with van der Waals surface area (Å²) in [6.45, 7) is 21.5. The molecule has 0 heterocycles. The Morgan fingerprint density at radius 1 is 1.16 bits per heavy atom. The first-order valence-electron chi connectivity index (χ1n) is 6.93. The fourth-order valence-corrected chi connectivity index (χ4v) is 3.31. The van der Waals surface area contributed by atoms with Crippen LogP contribution in [0.3, 0.4) is 0 Å². The highest BCUT2D eigenvalue weighted by atomic mass is 28.4. The van der Waals surface area contributed by atoms with Gasteiger partial charge in [0.05, 0.1) is 18.5 Å². The van der Waals surface area contributed by atoms with Crippen LogP contribution in [0.25, 0.3) is 0 Å². The Morgan fingerprint density at radius 3 is 2.00 bits per heavy atom. The third-order valence-corrected chi connectivity index (χ3v) is 8.76. The predicted molar refractivity (Wildman–Crippen MR) is 87.3 cm³/mol. The summed E-state index contributed by atoms with van der Waals surface area (Å²) in [7, 11) is -3.41. The first kappa shape index (κ1) is 18.9. The molecular weight excluding hydrogens is 272 g/mol. The van der Waals surface area contributed by atoms with Gasteiger partial charge in [0.2, 0.25) is 8.32 Å². The van der Waals surface area contributed by atoms with Gasteiger partial charge in [0.25, 0.3) is 0 Å². The van der Waals surface area contributed by atoms with Gasteiger partial charge in [-0.2, -0.15) is 0 Å². The van der Waals surface area contributed by atoms with Crippen LogP contribution in [0.4, 0.5) is 0 Å². The number of hydrogen-bond donors (Lipinski definition) is 1. The van der Waals surface area contributed by atoms with Crippen LogP contribution >= 0.6 is 0 Å². The lowest BCUT2D eigenvalue weighted by atomic mass is 10.2. The molecule has 0 fully saturated rings. The number of aliphatic hydroxyl groups is 1. The maximum absolute atomic E-state index is 10.0. The molecule has 0 bridgehead atoms. The average molecular weight is 305 g/mol. The Labute approximate surface area is 121 Å². The Balaban J connectivity index is 4.20. The van der Waals surface area contributed by atoms with E-state index in [1.807, 2.05) is 0 Å². The summed E-state index contributed by atoms with van der Waals surface area (Å²) in [5.41, 5.74) is 0. The zero-order valence-corrected chi connectivity index (χ0v) is 16.0. The van der Waals surface area contributed by atoms with Crippen LogP contribution < -0.4 is 0 Å². The molecule has 0 aliphatic rings. The van der Waals surface area contributed by atoms with Gasteiger partial charge in [-0.3, -0.25) is 0 Å². The van der Waals surface area contributed by atoms with Crippen molar-refractivity contribution in [3.63, 3.8) is 0 Å². The van der Waals surface area contributed by atoms with Crippen LogP contribution in [0.15, 0.2) is 12.3 Å². The fourth-order valence-electron chi connectivity index (χ4n) is 1.32. The van der Waals surface area contributed by atoms with Gasteiger partial charge in [-0.25, -0.2) is 0 Å². The highest BCUT2D eigenvalue weighted by molar-refractivity contribution is 6.74. The van der Waals surface area contributed by atoms with E-state index >= 15 is 0 Å². The maximum Gasteiger partial charge on any atom is 0.241 e. The molecule has 1 N–H and O–H groups in total. The zero-order valence-electron chi connectivity index (χ0n) is 14.0. The molecule has 114 valence electrons. The van der Waals surface area contributed by atoms with Crippen molar-refractivity contribution in [2.75, 3.05) is 6.61 Å². The molecule has 0 unspecified atom stereocenters. The predicted octanol–water partition coefficient (Wildman–Crippen LogP) is 4.12. The molecular formula is C14H32O3Si2. The van der Waals surface area contributed by atoms with Gasteiger partial charge in [0, 0.05) is 6.42 Å². The standard InChI is InChI=1S/C14H32O3Si2/c1-12(17-18(5,6)7)10-13(15)11-16-19(8,9)14(2,3)4/h13,15H,1,10-11H2,2-9H3/t13-/m0/s1. The van der Waals surface area contributed by atoms with Crippen molar-refractivity contribution < 1.29 is 14.0 Å². The summed E-state index contributed by atoms with van der Waals surface area (Å²) >= 11 is 0. The van der Waals surface area contributed by atoms with Crippen molar-refractivity contribution in [1.29, 1.82) is 0 Å². The first-order valence-corrected chi connectivity index (χ1v) is 13.2. The minimum absolute atomic E-state index is 0.165. The summed E-state index contributed by atoms with van der Waals surface area (Å²) < 4.78 is 11.7. The van der Waals surface area contributed by atoms with E-state index in [1.165, 1.54) is 0 Å². The lowest BCUT2D eigenvalue weighted by molar-refractivity contribution is 0.0921. The van der Waals surface area contributed by atoms with Gasteiger partial charge in [-0.05, 0) is 37.8 Å². The Kier molecular flexibility index (Phi) is 6.53. The largest absolute Gasteiger partial charge is 0.548 e. The van der Waals surface area contributed by atoms with E-state index < -0.39 is 22.7 Å². The molecule has 0 aromatic rings. The molecule has 19 heavy (non-hydrogen) atoms. The molecule has 1 atom stereocenters. The Hall–Kier alpha value is -0.106. The van der Waals surface area contributed by atoms with Crippen LogP contribution in [0.2, 0.25) is 37.8 Å². The van der Waals surface area contributed by atoms with Crippen LogP contribution in [0.1, 0.15) is 27.2 Å². The Bertz CT molecular complexity index is 301. The van der Waals surface area contributed by atoms with Gasteiger partial charge in [-0.15, -0.1) is 0 Å². The molecule has 3 nitrogen and oxygen atoms in total. The molecule has 5 heteroatoms. The number of aliphatic hydroxyl groups excluding tert-OH is 1. The van der Waals surface area contributed by atoms with Gasteiger partial charge in [-0.1, -0.05) is 27.4 Å². The van der Waals surface area contributed by atoms with Crippen molar-refractivity contribution >= 4 is 16.6 Å². The van der Waals surface area contributed by atoms with Crippen LogP contribution in [-0.2, 0) is 8.85 Å². The van der Waals surface area contributed by atoms with Gasteiger partial charge < -0.3 is 14.0 Å². The van der Waals surface area contributed by atoms with Gasteiger partial charge in [0.15, 0.2) is 8.32 Å². The summed E-state index contributed by atoms with van der Waals surface area (Å²) in [6.07, 6.45) is -0.0724. The van der Waals surface area contributed by atoms with E-state index in [-0.39, 0.29) is 5.04 Å². The van der Waals surface area contributed by atoms with Crippen molar-refractivity contribution in [3.8, 4) is 0 Å². The second-order valence-electron chi connectivity index (χ2n) is 7.68. The smallest absolute Gasteiger partial charge is 0.241 e. The van der Waals surface area contributed by atoms with E-state index in [1.54, 1.807) is 0 Å². The molecule has 0 rings (SSSR count). The highest BCUT2D eigenvalue weighted by Gasteiger charge is 2.37. The molecule has 0 saturated carbocycles. The number of hydrogen-bond acceptors (Lipinski definition) is 3. The lowest BCUT2D eigenvalue weighted by Gasteiger charge is -2.36. The number of rotatable bonds is 7. The summed E-state index contributed by atoms with van der Waals surface area (Å²) in [4.78, 5) is 0. The zero-order chi connectivity index (χ0) is 15.5. The molecule has 0 aliphatic heterocycles. The SMILES string of the molecule is C=C(C[C@H](O)CO[Si](C)(C)C(C)(C)C)O[Si](C)(C)C. The van der Waals surface area contributed by atoms with E-state index in [9.17, 15) is 5.11 Å². The highest BCUT2D eigenvalue weighted by Crippen LogP contribution is 2.36. The third kappa shape index (κ3) is 7.92. The molecule has 0 aromatic heterocycles. The lowest BCUT2D eigenvalue weighted by Crippen LogP contribution is -2.42. The van der Waals surface area contributed by atoms with E-state index in [2.05, 4.69) is 60.1 Å². The summed E-state index contributed by atoms with van der Waals surface area (Å²) in [5, 5.41) is 10.2. The average Bonchev–Trinajstić information content (AvgIpc) is 2.09. The van der Waals surface area contributed by atoms with Crippen LogP contribution in [-0.4, -0.2) is 34.5 Å². The first-order chi connectivity index (χ1) is 8.24. The minimum Gasteiger partial charge on any atom is -0.548 e. The van der Waals surface area contributed by atoms with Gasteiger partial charge >= 0.3 is 0 Å². The molecule has 0 amide bonds. The second-order valence-corrected chi connectivity index (χ2v) is 16.9. The maximum atomic E-state index is 10.0. The topological polar surface area (TPSA) is 38.7 Å². The monoisotopic (exact) mass is 304 g/mol. The van der Waals surface area contributed by atoms with Crippen molar-refractivity contribution in [2.45, 2.75) is 71.1 Å². The van der Waals surface area contributed by atoms with E-state index in [0.717, 1.165) is 0 Å². The second kappa shape index (κ2) is 6.56. The van der Waals surface area contributed by atoms with E-state index in [0.29, 0.717) is 18.8 Å². The quantitative estimate of drug-likeness (QED) is 0.568. The van der Waals surface area contributed by atoms with Crippen LogP contribution in [0.5, 0.6) is 0 Å². The summed E-state index contributed by atoms with van der Waals surface area (Å²) in [6, 6.07) is 0. The van der Waals surface area contributed by atoms with Gasteiger partial charge in [0.1, 0.15) is 0 Å². The van der Waals surface area contributed by atoms with Crippen molar-refractivity contribution in [3.05, 3.63) is 12.3 Å². The van der Waals surface area contributed by atoms with Crippen LogP contribution in [0, 0.1) is 0 Å². The van der Waals surface area contributed by atoms with Crippen molar-refractivity contribution in [1.82, 2.24) is 0 Å². The normalized spacial score (nSPS) is 15.2. The molecule has 0 radical (unpaired) electrons. The van der Waals surface area contributed by atoms with E-state index in [4.69, 9.17) is 8.85 Å². The molecule has 0 spiro atoms. The molecule has 0 aromatic carbocycles. The fraction of sp³-hybridized carbons (Fsp3) is 0.857. The molecule has 0 saturated heterocycles.